The van der Waals surface area contributed by atoms with Gasteiger partial charge in [0.25, 0.3) is 0 Å². The highest BCUT2D eigenvalue weighted by Gasteiger charge is 2.29. The minimum Gasteiger partial charge on any atom is -0.299 e. The van der Waals surface area contributed by atoms with E-state index < -0.39 is 10.0 Å². The van der Waals surface area contributed by atoms with Crippen molar-refractivity contribution in [3.63, 3.8) is 0 Å². The molecular weight excluding hydrogens is 188 g/mol. The molecule has 2 aliphatic rings. The number of hydrogen-bond acceptors (Lipinski definition) is 3. The lowest BCUT2D eigenvalue weighted by Gasteiger charge is -2.24. The van der Waals surface area contributed by atoms with Crippen LogP contribution in [0.1, 0.15) is 19.3 Å². The van der Waals surface area contributed by atoms with E-state index >= 15 is 0 Å². The summed E-state index contributed by atoms with van der Waals surface area (Å²) in [4.78, 5) is 2.40. The minimum atomic E-state index is -2.95. The van der Waals surface area contributed by atoms with Crippen LogP contribution in [-0.2, 0) is 10.0 Å². The summed E-state index contributed by atoms with van der Waals surface area (Å²) in [6.45, 7) is 2.41. The molecule has 0 atom stereocenters. The molecule has 0 aromatic carbocycles. The van der Waals surface area contributed by atoms with Crippen LogP contribution in [0.5, 0.6) is 0 Å². The lowest BCUT2D eigenvalue weighted by Crippen LogP contribution is -2.41. The molecule has 0 radical (unpaired) electrons. The van der Waals surface area contributed by atoms with Gasteiger partial charge in [0.05, 0.1) is 5.75 Å². The zero-order valence-electron chi connectivity index (χ0n) is 7.70. The lowest BCUT2D eigenvalue weighted by atomic mass is 10.4. The Morgan fingerprint density at radius 2 is 2.00 bits per heavy atom. The Morgan fingerprint density at radius 1 is 1.23 bits per heavy atom. The molecule has 1 heterocycles. The first-order chi connectivity index (χ1) is 6.17. The van der Waals surface area contributed by atoms with Crippen LogP contribution in [0.15, 0.2) is 0 Å². The normalized spacial score (nSPS) is 30.8. The Hall–Kier alpha value is -0.130. The van der Waals surface area contributed by atoms with Gasteiger partial charge < -0.3 is 0 Å². The van der Waals surface area contributed by atoms with Crippen molar-refractivity contribution in [3.05, 3.63) is 0 Å². The van der Waals surface area contributed by atoms with Gasteiger partial charge in [-0.25, -0.2) is 13.1 Å². The Kier molecular flexibility index (Phi) is 2.58. The molecule has 2 fully saturated rings. The van der Waals surface area contributed by atoms with Crippen LogP contribution in [0, 0.1) is 0 Å². The second kappa shape index (κ2) is 3.55. The van der Waals surface area contributed by atoms with E-state index in [-0.39, 0.29) is 5.75 Å². The van der Waals surface area contributed by atoms with Crippen LogP contribution in [-0.4, -0.2) is 44.7 Å². The van der Waals surface area contributed by atoms with Gasteiger partial charge in [-0.05, 0) is 25.8 Å². The molecular formula is C8H16N2O2S. The van der Waals surface area contributed by atoms with Crippen LogP contribution >= 0.6 is 0 Å². The van der Waals surface area contributed by atoms with Crippen molar-refractivity contribution in [2.45, 2.75) is 25.3 Å². The standard InChI is InChI=1S/C8H16N2O2S/c11-13(12)7-1-5-10(6-4-9-13)8-2-3-8/h8-9H,1-7H2. The van der Waals surface area contributed by atoms with Crippen molar-refractivity contribution in [2.75, 3.05) is 25.4 Å². The maximum Gasteiger partial charge on any atom is 0.211 e. The van der Waals surface area contributed by atoms with Gasteiger partial charge in [0.2, 0.25) is 10.0 Å². The molecule has 0 amide bonds. The van der Waals surface area contributed by atoms with E-state index in [1.54, 1.807) is 0 Å². The summed E-state index contributed by atoms with van der Waals surface area (Å²) in [6, 6.07) is 0.752. The molecule has 0 aromatic rings. The number of hydrogen-bond donors (Lipinski definition) is 1. The van der Waals surface area contributed by atoms with E-state index in [0.29, 0.717) is 6.54 Å². The van der Waals surface area contributed by atoms with Crippen molar-refractivity contribution >= 4 is 10.0 Å². The first kappa shape index (κ1) is 9.43. The summed E-state index contributed by atoms with van der Waals surface area (Å²) in [6.07, 6.45) is 3.37. The first-order valence-electron chi connectivity index (χ1n) is 4.89. The molecule has 0 aromatic heterocycles. The number of sulfonamides is 1. The Bertz CT molecular complexity index is 256. The van der Waals surface area contributed by atoms with E-state index in [4.69, 9.17) is 0 Å². The third-order valence-electron chi connectivity index (χ3n) is 2.64. The SMILES string of the molecule is O=S1(=O)CCCN(C2CC2)CCN1. The molecule has 76 valence electrons. The molecule has 1 saturated heterocycles. The summed E-state index contributed by atoms with van der Waals surface area (Å²) < 4.78 is 25.0. The third kappa shape index (κ3) is 2.65. The van der Waals surface area contributed by atoms with Gasteiger partial charge in [-0.1, -0.05) is 0 Å². The second-order valence-electron chi connectivity index (χ2n) is 3.83. The Labute approximate surface area is 79.4 Å². The molecule has 5 heteroatoms. The molecule has 1 saturated carbocycles. The largest absolute Gasteiger partial charge is 0.299 e. The van der Waals surface area contributed by atoms with Crippen molar-refractivity contribution < 1.29 is 8.42 Å². The zero-order valence-corrected chi connectivity index (χ0v) is 8.52. The molecule has 4 nitrogen and oxygen atoms in total. The number of nitrogens with zero attached hydrogens (tertiary/aromatic N) is 1. The van der Waals surface area contributed by atoms with E-state index in [0.717, 1.165) is 25.6 Å². The summed E-state index contributed by atoms with van der Waals surface area (Å²) in [5, 5.41) is 0. The molecule has 13 heavy (non-hydrogen) atoms. The van der Waals surface area contributed by atoms with Gasteiger partial charge in [0.1, 0.15) is 0 Å². The van der Waals surface area contributed by atoms with Crippen LogP contribution in [0.4, 0.5) is 0 Å². The maximum atomic E-state index is 11.2. The fraction of sp³-hybridized carbons (Fsp3) is 1.00. The van der Waals surface area contributed by atoms with Gasteiger partial charge >= 0.3 is 0 Å². The Morgan fingerprint density at radius 3 is 2.69 bits per heavy atom. The second-order valence-corrected chi connectivity index (χ2v) is 5.76. The molecule has 2 rings (SSSR count). The molecule has 1 aliphatic heterocycles. The van der Waals surface area contributed by atoms with Gasteiger partial charge in [-0.3, -0.25) is 4.90 Å². The smallest absolute Gasteiger partial charge is 0.211 e. The summed E-state index contributed by atoms with van der Waals surface area (Å²) in [7, 11) is -2.95. The highest BCUT2D eigenvalue weighted by atomic mass is 32.2. The van der Waals surface area contributed by atoms with Gasteiger partial charge in [-0.15, -0.1) is 0 Å². The monoisotopic (exact) mass is 204 g/mol. The summed E-state index contributed by atoms with van der Waals surface area (Å²) >= 11 is 0. The average molecular weight is 204 g/mol. The van der Waals surface area contributed by atoms with E-state index in [1.165, 1.54) is 12.8 Å². The average Bonchev–Trinajstić information content (AvgIpc) is 2.79. The summed E-state index contributed by atoms with van der Waals surface area (Å²) in [5.41, 5.74) is 0. The zero-order chi connectivity index (χ0) is 9.31. The van der Waals surface area contributed by atoms with E-state index in [2.05, 4.69) is 9.62 Å². The van der Waals surface area contributed by atoms with Gasteiger partial charge in [0.15, 0.2) is 0 Å². The highest BCUT2D eigenvalue weighted by Crippen LogP contribution is 2.26. The minimum absolute atomic E-state index is 0.288. The number of rotatable bonds is 1. The molecule has 0 unspecified atom stereocenters. The maximum absolute atomic E-state index is 11.2. The van der Waals surface area contributed by atoms with Gasteiger partial charge in [0, 0.05) is 19.1 Å². The predicted octanol–water partition coefficient (Wildman–Crippen LogP) is -0.226. The Balaban J connectivity index is 1.89. The fourth-order valence-corrected chi connectivity index (χ4v) is 2.85. The van der Waals surface area contributed by atoms with Crippen LogP contribution in [0.25, 0.3) is 0 Å². The van der Waals surface area contributed by atoms with Crippen molar-refractivity contribution in [3.8, 4) is 0 Å². The predicted molar refractivity (Wildman–Crippen MR) is 51.0 cm³/mol. The topological polar surface area (TPSA) is 49.4 Å². The third-order valence-corrected chi connectivity index (χ3v) is 4.11. The van der Waals surface area contributed by atoms with Crippen LogP contribution < -0.4 is 4.72 Å². The molecule has 1 aliphatic carbocycles. The van der Waals surface area contributed by atoms with Crippen LogP contribution in [0.2, 0.25) is 0 Å². The number of nitrogens with one attached hydrogen (secondary N) is 1. The van der Waals surface area contributed by atoms with E-state index in [1.807, 2.05) is 0 Å². The quantitative estimate of drug-likeness (QED) is 0.642. The van der Waals surface area contributed by atoms with Crippen LogP contribution in [0.3, 0.4) is 0 Å². The van der Waals surface area contributed by atoms with Crippen molar-refractivity contribution in [1.29, 1.82) is 0 Å². The van der Waals surface area contributed by atoms with E-state index in [9.17, 15) is 8.42 Å². The summed E-state index contributed by atoms with van der Waals surface area (Å²) in [5.74, 6) is 0.288. The molecule has 0 spiro atoms. The fourth-order valence-electron chi connectivity index (χ4n) is 1.79. The van der Waals surface area contributed by atoms with Gasteiger partial charge in [-0.2, -0.15) is 0 Å². The van der Waals surface area contributed by atoms with Crippen molar-refractivity contribution in [1.82, 2.24) is 9.62 Å². The van der Waals surface area contributed by atoms with Crippen molar-refractivity contribution in [2.24, 2.45) is 0 Å². The lowest BCUT2D eigenvalue weighted by molar-refractivity contribution is 0.265. The highest BCUT2D eigenvalue weighted by molar-refractivity contribution is 7.89. The molecule has 1 N–H and O–H groups in total. The first-order valence-corrected chi connectivity index (χ1v) is 6.54. The molecule has 0 bridgehead atoms.